The molecule has 0 aliphatic rings. The Morgan fingerprint density at radius 2 is 1.48 bits per heavy atom. The number of aliphatic hydroxyl groups is 1. The maximum absolute atomic E-state index is 11.3. The average Bonchev–Trinajstić information content (AvgIpc) is 2.38. The molecule has 0 aliphatic carbocycles. The summed E-state index contributed by atoms with van der Waals surface area (Å²) in [6.07, 6.45) is 6.71. The summed E-state index contributed by atoms with van der Waals surface area (Å²) in [5, 5.41) is 9.60. The van der Waals surface area contributed by atoms with Crippen LogP contribution in [0.4, 0.5) is 0 Å². The van der Waals surface area contributed by atoms with Crippen LogP contribution in [0.3, 0.4) is 0 Å². The molecule has 0 rings (SSSR count). The summed E-state index contributed by atoms with van der Waals surface area (Å²) in [4.78, 5) is 11.3. The number of carbonyl (C=O) groups is 1. The molecule has 126 valence electrons. The summed E-state index contributed by atoms with van der Waals surface area (Å²) in [7, 11) is 0. The van der Waals surface area contributed by atoms with Crippen molar-refractivity contribution in [2.24, 2.45) is 11.8 Å². The maximum atomic E-state index is 11.3. The van der Waals surface area contributed by atoms with Gasteiger partial charge in [0.05, 0.1) is 6.10 Å². The number of hydrogen-bond acceptors (Lipinski definition) is 2. The fourth-order valence-corrected chi connectivity index (χ4v) is 1.55. The molecular formula is C19H38O2. The van der Waals surface area contributed by atoms with Crippen molar-refractivity contribution < 1.29 is 9.90 Å². The minimum Gasteiger partial charge on any atom is -0.393 e. The summed E-state index contributed by atoms with van der Waals surface area (Å²) in [5.74, 6) is 0.890. The summed E-state index contributed by atoms with van der Waals surface area (Å²) in [5.41, 5.74) is 1.26. The molecule has 0 radical (unpaired) electrons. The van der Waals surface area contributed by atoms with Crippen LogP contribution in [0.1, 0.15) is 86.5 Å². The number of Topliss-reactive ketones (excluding diaryl/α,β-unsaturated/α-hetero) is 1. The third-order valence-electron chi connectivity index (χ3n) is 3.71. The zero-order valence-corrected chi connectivity index (χ0v) is 15.2. The zero-order valence-electron chi connectivity index (χ0n) is 15.2. The predicted octanol–water partition coefficient (Wildman–Crippen LogP) is 5.54. The maximum Gasteiger partial charge on any atom is 0.137 e. The standard InChI is InChI=1S/C13H26O2.C6H12/c1-4-5-6-7-8-9-12(14)10-13(15)11(2)3;1-5(2)6(3)4/h11-12,14H,4-10H2,1-3H3;6H,1H2,2-4H3. The third kappa shape index (κ3) is 17.3. The Bertz CT molecular complexity index is 267. The van der Waals surface area contributed by atoms with Crippen LogP contribution in [-0.4, -0.2) is 17.0 Å². The first-order valence-corrected chi connectivity index (χ1v) is 8.58. The van der Waals surface area contributed by atoms with Crippen molar-refractivity contribution in [1.82, 2.24) is 0 Å². The van der Waals surface area contributed by atoms with Gasteiger partial charge in [0.15, 0.2) is 0 Å². The van der Waals surface area contributed by atoms with Crippen LogP contribution in [0.5, 0.6) is 0 Å². The van der Waals surface area contributed by atoms with E-state index in [1.807, 2.05) is 20.8 Å². The Labute approximate surface area is 133 Å². The van der Waals surface area contributed by atoms with Gasteiger partial charge in [-0.05, 0) is 19.3 Å². The number of allylic oxidation sites excluding steroid dienone is 1. The number of aliphatic hydroxyl groups excluding tert-OH is 1. The van der Waals surface area contributed by atoms with Gasteiger partial charge in [0.25, 0.3) is 0 Å². The van der Waals surface area contributed by atoms with Gasteiger partial charge in [0, 0.05) is 12.3 Å². The van der Waals surface area contributed by atoms with Crippen molar-refractivity contribution in [2.45, 2.75) is 92.6 Å². The van der Waals surface area contributed by atoms with E-state index in [-0.39, 0.29) is 11.7 Å². The van der Waals surface area contributed by atoms with Crippen LogP contribution in [0, 0.1) is 11.8 Å². The Kier molecular flexibility index (Phi) is 15.4. The van der Waals surface area contributed by atoms with E-state index in [4.69, 9.17) is 0 Å². The molecule has 0 aromatic heterocycles. The van der Waals surface area contributed by atoms with Crippen LogP contribution in [0.25, 0.3) is 0 Å². The molecule has 1 N–H and O–H groups in total. The molecule has 0 amide bonds. The highest BCUT2D eigenvalue weighted by atomic mass is 16.3. The largest absolute Gasteiger partial charge is 0.393 e. The highest BCUT2D eigenvalue weighted by Crippen LogP contribution is 2.11. The predicted molar refractivity (Wildman–Crippen MR) is 93.5 cm³/mol. The fraction of sp³-hybridized carbons (Fsp3) is 0.842. The van der Waals surface area contributed by atoms with E-state index < -0.39 is 6.10 Å². The van der Waals surface area contributed by atoms with Crippen LogP contribution < -0.4 is 0 Å². The second kappa shape index (κ2) is 14.3. The second-order valence-electron chi connectivity index (χ2n) is 6.68. The minimum atomic E-state index is -0.415. The van der Waals surface area contributed by atoms with E-state index in [0.717, 1.165) is 12.8 Å². The van der Waals surface area contributed by atoms with E-state index in [2.05, 4.69) is 27.4 Å². The van der Waals surface area contributed by atoms with Gasteiger partial charge >= 0.3 is 0 Å². The molecule has 0 aromatic rings. The Morgan fingerprint density at radius 1 is 1.00 bits per heavy atom. The molecule has 1 unspecified atom stereocenters. The van der Waals surface area contributed by atoms with Crippen LogP contribution in [-0.2, 0) is 4.79 Å². The van der Waals surface area contributed by atoms with Gasteiger partial charge in [-0.15, -0.1) is 0 Å². The van der Waals surface area contributed by atoms with Gasteiger partial charge in [-0.3, -0.25) is 4.79 Å². The van der Waals surface area contributed by atoms with Crippen molar-refractivity contribution in [3.63, 3.8) is 0 Å². The van der Waals surface area contributed by atoms with E-state index in [0.29, 0.717) is 12.3 Å². The normalized spacial score (nSPS) is 12.0. The number of carbonyl (C=O) groups excluding carboxylic acids is 1. The van der Waals surface area contributed by atoms with Gasteiger partial charge in [-0.25, -0.2) is 0 Å². The summed E-state index contributed by atoms with van der Waals surface area (Å²) in [6.45, 7) is 16.0. The Morgan fingerprint density at radius 3 is 1.86 bits per heavy atom. The monoisotopic (exact) mass is 298 g/mol. The van der Waals surface area contributed by atoms with E-state index in [1.165, 1.54) is 31.3 Å². The van der Waals surface area contributed by atoms with Crippen LogP contribution in [0.2, 0.25) is 0 Å². The highest BCUT2D eigenvalue weighted by Gasteiger charge is 2.13. The lowest BCUT2D eigenvalue weighted by Gasteiger charge is -2.11. The van der Waals surface area contributed by atoms with Gasteiger partial charge in [0.2, 0.25) is 0 Å². The molecule has 1 atom stereocenters. The summed E-state index contributed by atoms with van der Waals surface area (Å²) >= 11 is 0. The second-order valence-corrected chi connectivity index (χ2v) is 6.68. The molecule has 2 nitrogen and oxygen atoms in total. The van der Waals surface area contributed by atoms with Crippen molar-refractivity contribution >= 4 is 5.78 Å². The zero-order chi connectivity index (χ0) is 16.8. The molecule has 0 aromatic carbocycles. The molecular weight excluding hydrogens is 260 g/mol. The first-order chi connectivity index (χ1) is 9.72. The van der Waals surface area contributed by atoms with E-state index >= 15 is 0 Å². The average molecular weight is 299 g/mol. The van der Waals surface area contributed by atoms with E-state index in [9.17, 15) is 9.90 Å². The molecule has 21 heavy (non-hydrogen) atoms. The van der Waals surface area contributed by atoms with Gasteiger partial charge in [0.1, 0.15) is 5.78 Å². The Hall–Kier alpha value is -0.630. The lowest BCUT2D eigenvalue weighted by molar-refractivity contribution is -0.123. The topological polar surface area (TPSA) is 37.3 Å². The third-order valence-corrected chi connectivity index (χ3v) is 3.71. The molecule has 2 heteroatoms. The highest BCUT2D eigenvalue weighted by molar-refractivity contribution is 5.80. The quantitative estimate of drug-likeness (QED) is 0.424. The van der Waals surface area contributed by atoms with Crippen LogP contribution in [0.15, 0.2) is 12.2 Å². The summed E-state index contributed by atoms with van der Waals surface area (Å²) < 4.78 is 0. The van der Waals surface area contributed by atoms with E-state index in [1.54, 1.807) is 0 Å². The van der Waals surface area contributed by atoms with Crippen molar-refractivity contribution in [2.75, 3.05) is 0 Å². The number of ketones is 1. The SMILES string of the molecule is C=C(C)C(C)C.CCCCCCCC(O)CC(=O)C(C)C. The first kappa shape index (κ1) is 22.6. The number of unbranched alkanes of at least 4 members (excludes halogenated alkanes) is 4. The Balaban J connectivity index is 0. The smallest absolute Gasteiger partial charge is 0.137 e. The molecule has 0 bridgehead atoms. The van der Waals surface area contributed by atoms with Crippen LogP contribution >= 0.6 is 0 Å². The molecule has 0 saturated carbocycles. The van der Waals surface area contributed by atoms with Crippen molar-refractivity contribution in [3.05, 3.63) is 12.2 Å². The number of rotatable bonds is 10. The molecule has 0 fully saturated rings. The fourth-order valence-electron chi connectivity index (χ4n) is 1.55. The molecule has 0 aliphatic heterocycles. The van der Waals surface area contributed by atoms with Crippen molar-refractivity contribution in [3.8, 4) is 0 Å². The number of hydrogen-bond donors (Lipinski definition) is 1. The van der Waals surface area contributed by atoms with Gasteiger partial charge < -0.3 is 5.11 Å². The lowest BCUT2D eigenvalue weighted by atomic mass is 9.99. The molecule has 0 spiro atoms. The molecule has 0 saturated heterocycles. The summed E-state index contributed by atoms with van der Waals surface area (Å²) in [6, 6.07) is 0. The molecule has 0 heterocycles. The van der Waals surface area contributed by atoms with Gasteiger partial charge in [-0.2, -0.15) is 0 Å². The lowest BCUT2D eigenvalue weighted by Crippen LogP contribution is -2.17. The first-order valence-electron chi connectivity index (χ1n) is 8.58. The van der Waals surface area contributed by atoms with Gasteiger partial charge in [-0.1, -0.05) is 78.9 Å². The minimum absolute atomic E-state index is 0.0553. The van der Waals surface area contributed by atoms with Crippen molar-refractivity contribution in [1.29, 1.82) is 0 Å².